The molecule has 0 saturated carbocycles. The van der Waals surface area contributed by atoms with E-state index in [1.165, 1.54) is 25.7 Å². The number of rotatable bonds is 1. The first-order valence-electron chi connectivity index (χ1n) is 5.23. The minimum Gasteiger partial charge on any atom is -0.326 e. The van der Waals surface area contributed by atoms with Gasteiger partial charge in [-0.3, -0.25) is 4.90 Å². The minimum atomic E-state index is 0.450. The Morgan fingerprint density at radius 1 is 1.17 bits per heavy atom. The van der Waals surface area contributed by atoms with Crippen LogP contribution >= 0.6 is 0 Å². The van der Waals surface area contributed by atoms with Crippen LogP contribution in [0.5, 0.6) is 0 Å². The van der Waals surface area contributed by atoms with Gasteiger partial charge in [0.1, 0.15) is 0 Å². The van der Waals surface area contributed by atoms with Crippen molar-refractivity contribution in [2.24, 2.45) is 5.73 Å². The summed E-state index contributed by atoms with van der Waals surface area (Å²) in [6, 6.07) is 2.69. The molecule has 2 fully saturated rings. The molecule has 3 atom stereocenters. The third-order valence-electron chi connectivity index (χ3n) is 3.52. The van der Waals surface area contributed by atoms with Gasteiger partial charge in [0.15, 0.2) is 0 Å². The second-order valence-electron chi connectivity index (χ2n) is 4.58. The molecular weight excluding hydrogens is 148 g/mol. The van der Waals surface area contributed by atoms with Gasteiger partial charge in [0.2, 0.25) is 0 Å². The van der Waals surface area contributed by atoms with Crippen molar-refractivity contribution in [2.75, 3.05) is 0 Å². The van der Waals surface area contributed by atoms with Crippen molar-refractivity contribution >= 4 is 0 Å². The van der Waals surface area contributed by atoms with E-state index >= 15 is 0 Å². The van der Waals surface area contributed by atoms with Crippen LogP contribution in [-0.2, 0) is 0 Å². The average Bonchev–Trinajstić information content (AvgIpc) is 2.35. The van der Waals surface area contributed by atoms with Crippen molar-refractivity contribution in [1.82, 2.24) is 4.90 Å². The van der Waals surface area contributed by atoms with E-state index in [0.717, 1.165) is 6.04 Å². The summed E-state index contributed by atoms with van der Waals surface area (Å²) < 4.78 is 0. The Kier molecular flexibility index (Phi) is 2.13. The maximum absolute atomic E-state index is 6.10. The summed E-state index contributed by atoms with van der Waals surface area (Å²) in [5.41, 5.74) is 6.10. The molecule has 0 spiro atoms. The average molecular weight is 168 g/mol. The molecule has 0 unspecified atom stereocenters. The molecule has 2 N–H and O–H groups in total. The van der Waals surface area contributed by atoms with Crippen LogP contribution in [0.3, 0.4) is 0 Å². The Morgan fingerprint density at radius 2 is 1.83 bits per heavy atom. The normalized spacial score (nSPS) is 42.5. The summed E-state index contributed by atoms with van der Waals surface area (Å²) in [6.07, 6.45) is 5.30. The molecule has 0 aliphatic carbocycles. The molecule has 0 aromatic carbocycles. The standard InChI is InChI=1S/C10H20N2/c1-7(2)12-8-3-5-9(11)10(12)6-4-8/h7-10H,3-6,11H2,1-2H3/t8-,9-,10-/m1/s1. The molecule has 0 radical (unpaired) electrons. The molecule has 2 aliphatic rings. The lowest BCUT2D eigenvalue weighted by atomic mass is 9.97. The van der Waals surface area contributed by atoms with Gasteiger partial charge < -0.3 is 5.73 Å². The first kappa shape index (κ1) is 8.52. The fourth-order valence-corrected chi connectivity index (χ4v) is 3.04. The largest absolute Gasteiger partial charge is 0.326 e. The smallest absolute Gasteiger partial charge is 0.0253 e. The van der Waals surface area contributed by atoms with Gasteiger partial charge in [0, 0.05) is 24.2 Å². The van der Waals surface area contributed by atoms with E-state index in [0.29, 0.717) is 18.1 Å². The SMILES string of the molecule is CC(C)N1[C@@H]2CC[C@@H](N)[C@H]1CC2. The van der Waals surface area contributed by atoms with E-state index in [9.17, 15) is 0 Å². The monoisotopic (exact) mass is 168 g/mol. The molecule has 2 saturated heterocycles. The predicted molar refractivity (Wildman–Crippen MR) is 51.0 cm³/mol. The summed E-state index contributed by atoms with van der Waals surface area (Å²) in [5, 5.41) is 0. The van der Waals surface area contributed by atoms with Gasteiger partial charge in [-0.15, -0.1) is 0 Å². The Balaban J connectivity index is 2.13. The van der Waals surface area contributed by atoms with Gasteiger partial charge in [-0.2, -0.15) is 0 Å². The molecule has 2 nitrogen and oxygen atoms in total. The van der Waals surface area contributed by atoms with Crippen LogP contribution in [0, 0.1) is 0 Å². The van der Waals surface area contributed by atoms with Crippen molar-refractivity contribution in [3.8, 4) is 0 Å². The van der Waals surface area contributed by atoms with Crippen molar-refractivity contribution in [3.63, 3.8) is 0 Å². The minimum absolute atomic E-state index is 0.450. The third-order valence-corrected chi connectivity index (χ3v) is 3.52. The molecule has 0 aromatic heterocycles. The maximum Gasteiger partial charge on any atom is 0.0253 e. The van der Waals surface area contributed by atoms with E-state index in [1.807, 2.05) is 0 Å². The summed E-state index contributed by atoms with van der Waals surface area (Å²) in [6.45, 7) is 4.59. The summed E-state index contributed by atoms with van der Waals surface area (Å²) in [4.78, 5) is 2.65. The number of nitrogens with two attached hydrogens (primary N) is 1. The predicted octanol–water partition coefficient (Wildman–Crippen LogP) is 1.35. The molecule has 2 rings (SSSR count). The highest BCUT2D eigenvalue weighted by Gasteiger charge is 2.41. The van der Waals surface area contributed by atoms with Crippen LogP contribution in [0.2, 0.25) is 0 Å². The number of hydrogen-bond acceptors (Lipinski definition) is 2. The molecule has 12 heavy (non-hydrogen) atoms. The maximum atomic E-state index is 6.10. The fourth-order valence-electron chi connectivity index (χ4n) is 3.04. The van der Waals surface area contributed by atoms with Crippen LogP contribution in [0.25, 0.3) is 0 Å². The summed E-state index contributed by atoms with van der Waals surface area (Å²) in [7, 11) is 0. The number of hydrogen-bond donors (Lipinski definition) is 1. The van der Waals surface area contributed by atoms with Crippen LogP contribution < -0.4 is 5.73 Å². The van der Waals surface area contributed by atoms with Gasteiger partial charge >= 0.3 is 0 Å². The van der Waals surface area contributed by atoms with Gasteiger partial charge in [0.25, 0.3) is 0 Å². The second kappa shape index (κ2) is 3.00. The third kappa shape index (κ3) is 1.17. The molecule has 2 heterocycles. The van der Waals surface area contributed by atoms with Crippen LogP contribution in [0.4, 0.5) is 0 Å². The Labute approximate surface area is 75.1 Å². The van der Waals surface area contributed by atoms with E-state index in [2.05, 4.69) is 18.7 Å². The highest BCUT2D eigenvalue weighted by molar-refractivity contribution is 4.99. The van der Waals surface area contributed by atoms with Crippen molar-refractivity contribution < 1.29 is 0 Å². The van der Waals surface area contributed by atoms with Crippen molar-refractivity contribution in [3.05, 3.63) is 0 Å². The quantitative estimate of drug-likeness (QED) is 0.640. The van der Waals surface area contributed by atoms with Gasteiger partial charge in [-0.1, -0.05) is 0 Å². The lowest BCUT2D eigenvalue weighted by Crippen LogP contribution is -2.53. The number of piperidine rings is 1. The summed E-state index contributed by atoms with van der Waals surface area (Å²) >= 11 is 0. The van der Waals surface area contributed by atoms with E-state index in [-0.39, 0.29) is 0 Å². The molecule has 70 valence electrons. The van der Waals surface area contributed by atoms with Crippen molar-refractivity contribution in [2.45, 2.75) is 63.7 Å². The van der Waals surface area contributed by atoms with E-state index in [4.69, 9.17) is 5.73 Å². The molecular formula is C10H20N2. The van der Waals surface area contributed by atoms with Gasteiger partial charge in [-0.05, 0) is 39.5 Å². The van der Waals surface area contributed by atoms with Gasteiger partial charge in [-0.25, -0.2) is 0 Å². The highest BCUT2D eigenvalue weighted by Crippen LogP contribution is 2.36. The lowest BCUT2D eigenvalue weighted by molar-refractivity contribution is 0.0893. The first-order chi connectivity index (χ1) is 5.70. The molecule has 2 heteroatoms. The second-order valence-corrected chi connectivity index (χ2v) is 4.58. The van der Waals surface area contributed by atoms with E-state index < -0.39 is 0 Å². The van der Waals surface area contributed by atoms with Crippen LogP contribution in [0.1, 0.15) is 39.5 Å². The van der Waals surface area contributed by atoms with Gasteiger partial charge in [0.05, 0.1) is 0 Å². The molecule has 2 aliphatic heterocycles. The lowest BCUT2D eigenvalue weighted by Gasteiger charge is -2.41. The molecule has 0 aromatic rings. The zero-order chi connectivity index (χ0) is 8.72. The molecule has 2 bridgehead atoms. The van der Waals surface area contributed by atoms with Crippen LogP contribution in [0.15, 0.2) is 0 Å². The Morgan fingerprint density at radius 3 is 2.42 bits per heavy atom. The number of fused-ring (bicyclic) bond motifs is 2. The first-order valence-corrected chi connectivity index (χ1v) is 5.23. The van der Waals surface area contributed by atoms with Crippen LogP contribution in [-0.4, -0.2) is 29.1 Å². The fraction of sp³-hybridized carbons (Fsp3) is 1.00. The summed E-state index contributed by atoms with van der Waals surface area (Å²) in [5.74, 6) is 0. The highest BCUT2D eigenvalue weighted by atomic mass is 15.3. The zero-order valence-corrected chi connectivity index (χ0v) is 8.16. The zero-order valence-electron chi connectivity index (χ0n) is 8.16. The number of nitrogens with zero attached hydrogens (tertiary/aromatic N) is 1. The van der Waals surface area contributed by atoms with Crippen molar-refractivity contribution in [1.29, 1.82) is 0 Å². The van der Waals surface area contributed by atoms with E-state index in [1.54, 1.807) is 0 Å². The Bertz CT molecular complexity index is 167. The topological polar surface area (TPSA) is 29.3 Å². The Hall–Kier alpha value is -0.0800. The molecule has 0 amide bonds.